The summed E-state index contributed by atoms with van der Waals surface area (Å²) >= 11 is 6.19. The summed E-state index contributed by atoms with van der Waals surface area (Å²) in [6, 6.07) is 8.18. The molecule has 5 heteroatoms. The van der Waals surface area contributed by atoms with Crippen LogP contribution >= 0.6 is 11.6 Å². The van der Waals surface area contributed by atoms with Crippen LogP contribution in [0.1, 0.15) is 30.7 Å². The minimum absolute atomic E-state index is 0.0129. The number of carbonyl (C=O) groups is 1. The molecule has 4 nitrogen and oxygen atoms in total. The Morgan fingerprint density at radius 3 is 2.80 bits per heavy atom. The van der Waals surface area contributed by atoms with Crippen LogP contribution in [0, 0.1) is 0 Å². The molecule has 0 heterocycles. The molecule has 110 valence electrons. The number of carbonyl (C=O) groups excluding carboxylic acids is 1. The van der Waals surface area contributed by atoms with Gasteiger partial charge in [0.1, 0.15) is 0 Å². The molecule has 0 unspecified atom stereocenters. The van der Waals surface area contributed by atoms with Crippen molar-refractivity contribution in [1.82, 2.24) is 10.2 Å². The number of nitrogens with zero attached hydrogens (tertiary/aromatic N) is 1. The lowest BCUT2D eigenvalue weighted by Gasteiger charge is -2.37. The molecule has 0 bridgehead atoms. The van der Waals surface area contributed by atoms with Crippen LogP contribution in [0.3, 0.4) is 0 Å². The largest absolute Gasteiger partial charge is 0.335 e. The molecule has 0 radical (unpaired) electrons. The van der Waals surface area contributed by atoms with Gasteiger partial charge in [-0.05, 0) is 43.4 Å². The van der Waals surface area contributed by atoms with E-state index < -0.39 is 0 Å². The Morgan fingerprint density at radius 1 is 1.45 bits per heavy atom. The molecule has 0 spiro atoms. The van der Waals surface area contributed by atoms with Gasteiger partial charge in [0.05, 0.1) is 0 Å². The van der Waals surface area contributed by atoms with Crippen molar-refractivity contribution in [2.75, 3.05) is 20.1 Å². The smallest absolute Gasteiger partial charge is 0.317 e. The Bertz CT molecular complexity index is 460. The van der Waals surface area contributed by atoms with Gasteiger partial charge in [0, 0.05) is 24.7 Å². The molecule has 0 aromatic heterocycles. The second kappa shape index (κ2) is 6.95. The molecule has 2 rings (SSSR count). The summed E-state index contributed by atoms with van der Waals surface area (Å²) in [5, 5.41) is 3.87. The van der Waals surface area contributed by atoms with Gasteiger partial charge in [-0.3, -0.25) is 0 Å². The third-order valence-corrected chi connectivity index (χ3v) is 4.20. The van der Waals surface area contributed by atoms with Crippen LogP contribution < -0.4 is 11.1 Å². The first kappa shape index (κ1) is 15.1. The van der Waals surface area contributed by atoms with Gasteiger partial charge in [0.2, 0.25) is 0 Å². The molecular weight excluding hydrogens is 274 g/mol. The van der Waals surface area contributed by atoms with Crippen molar-refractivity contribution in [3.8, 4) is 0 Å². The Labute approximate surface area is 125 Å². The maximum atomic E-state index is 11.9. The standard InChI is InChI=1S/C15H22ClN3O/c1-19(8-4-7-17)15(20)18-12-9-11(10-12)13-5-2-3-6-14(13)16/h2-3,5-6,11-12H,4,7-10,17H2,1H3,(H,18,20). The molecule has 1 aliphatic rings. The van der Waals surface area contributed by atoms with Gasteiger partial charge in [-0.25, -0.2) is 4.79 Å². The zero-order valence-corrected chi connectivity index (χ0v) is 12.6. The SMILES string of the molecule is CN(CCCN)C(=O)NC1CC(c2ccccc2Cl)C1. The van der Waals surface area contributed by atoms with Gasteiger partial charge in [-0.2, -0.15) is 0 Å². The molecule has 1 aromatic rings. The van der Waals surface area contributed by atoms with Gasteiger partial charge in [0.15, 0.2) is 0 Å². The molecule has 3 N–H and O–H groups in total. The van der Waals surface area contributed by atoms with E-state index in [1.54, 1.807) is 11.9 Å². The summed E-state index contributed by atoms with van der Waals surface area (Å²) in [5.74, 6) is 0.461. The molecule has 2 amide bonds. The maximum Gasteiger partial charge on any atom is 0.317 e. The molecular formula is C15H22ClN3O. The molecule has 0 saturated heterocycles. The second-order valence-electron chi connectivity index (χ2n) is 5.40. The van der Waals surface area contributed by atoms with Gasteiger partial charge in [0.25, 0.3) is 0 Å². The Morgan fingerprint density at radius 2 is 2.15 bits per heavy atom. The first-order chi connectivity index (χ1) is 9.61. The molecule has 0 aliphatic heterocycles. The predicted octanol–water partition coefficient (Wildman–Crippen LogP) is 2.58. The number of benzene rings is 1. The third-order valence-electron chi connectivity index (χ3n) is 3.86. The zero-order chi connectivity index (χ0) is 14.5. The lowest BCUT2D eigenvalue weighted by molar-refractivity contribution is 0.192. The van der Waals surface area contributed by atoms with Crippen LogP contribution in [-0.2, 0) is 0 Å². The minimum Gasteiger partial charge on any atom is -0.335 e. The van der Waals surface area contributed by atoms with Crippen LogP contribution in [0.2, 0.25) is 5.02 Å². The topological polar surface area (TPSA) is 58.4 Å². The maximum absolute atomic E-state index is 11.9. The van der Waals surface area contributed by atoms with E-state index in [0.29, 0.717) is 19.0 Å². The predicted molar refractivity (Wildman–Crippen MR) is 82.0 cm³/mol. The van der Waals surface area contributed by atoms with Gasteiger partial charge in [-0.1, -0.05) is 29.8 Å². The van der Waals surface area contributed by atoms with Crippen molar-refractivity contribution >= 4 is 17.6 Å². The number of nitrogens with one attached hydrogen (secondary N) is 1. The number of hydrogen-bond acceptors (Lipinski definition) is 2. The van der Waals surface area contributed by atoms with Crippen LogP contribution in [0.4, 0.5) is 4.79 Å². The number of hydrogen-bond donors (Lipinski definition) is 2. The number of nitrogens with two attached hydrogens (primary N) is 1. The lowest BCUT2D eigenvalue weighted by atomic mass is 9.76. The minimum atomic E-state index is -0.0129. The van der Waals surface area contributed by atoms with E-state index in [9.17, 15) is 4.79 Å². The van der Waals surface area contributed by atoms with E-state index in [4.69, 9.17) is 17.3 Å². The highest BCUT2D eigenvalue weighted by Gasteiger charge is 2.32. The van der Waals surface area contributed by atoms with Gasteiger partial charge in [-0.15, -0.1) is 0 Å². The summed E-state index contributed by atoms with van der Waals surface area (Å²) < 4.78 is 0. The van der Waals surface area contributed by atoms with E-state index in [1.807, 2.05) is 18.2 Å². The van der Waals surface area contributed by atoms with Crippen LogP contribution in [-0.4, -0.2) is 37.1 Å². The summed E-state index contributed by atoms with van der Waals surface area (Å²) in [5.41, 5.74) is 6.63. The fourth-order valence-corrected chi connectivity index (χ4v) is 2.80. The summed E-state index contributed by atoms with van der Waals surface area (Å²) in [4.78, 5) is 13.6. The molecule has 1 aromatic carbocycles. The lowest BCUT2D eigenvalue weighted by Crippen LogP contribution is -2.48. The van der Waals surface area contributed by atoms with E-state index >= 15 is 0 Å². The summed E-state index contributed by atoms with van der Waals surface area (Å²) in [6.07, 6.45) is 2.75. The zero-order valence-electron chi connectivity index (χ0n) is 11.8. The highest BCUT2D eigenvalue weighted by molar-refractivity contribution is 6.31. The number of rotatable bonds is 5. The van der Waals surface area contributed by atoms with E-state index in [0.717, 1.165) is 24.3 Å². The molecule has 1 aliphatic carbocycles. The molecule has 0 atom stereocenters. The first-order valence-electron chi connectivity index (χ1n) is 7.08. The molecule has 1 saturated carbocycles. The number of halogens is 1. The fraction of sp³-hybridized carbons (Fsp3) is 0.533. The third kappa shape index (κ3) is 3.64. The molecule has 1 fully saturated rings. The van der Waals surface area contributed by atoms with Crippen LogP contribution in [0.15, 0.2) is 24.3 Å². The summed E-state index contributed by atoms with van der Waals surface area (Å²) in [6.45, 7) is 1.30. The van der Waals surface area contributed by atoms with Gasteiger partial charge >= 0.3 is 6.03 Å². The number of amides is 2. The Kier molecular flexibility index (Phi) is 5.26. The van der Waals surface area contributed by atoms with E-state index in [2.05, 4.69) is 11.4 Å². The van der Waals surface area contributed by atoms with Crippen molar-refractivity contribution < 1.29 is 4.79 Å². The van der Waals surface area contributed by atoms with Crippen molar-refractivity contribution in [3.05, 3.63) is 34.9 Å². The average Bonchev–Trinajstić information content (AvgIpc) is 2.40. The first-order valence-corrected chi connectivity index (χ1v) is 7.45. The van der Waals surface area contributed by atoms with Gasteiger partial charge < -0.3 is 16.0 Å². The fourth-order valence-electron chi connectivity index (χ4n) is 2.51. The van der Waals surface area contributed by atoms with Crippen LogP contribution in [0.5, 0.6) is 0 Å². The second-order valence-corrected chi connectivity index (χ2v) is 5.81. The van der Waals surface area contributed by atoms with Crippen molar-refractivity contribution in [1.29, 1.82) is 0 Å². The van der Waals surface area contributed by atoms with Crippen molar-refractivity contribution in [2.24, 2.45) is 5.73 Å². The summed E-state index contributed by atoms with van der Waals surface area (Å²) in [7, 11) is 1.80. The number of urea groups is 1. The highest BCUT2D eigenvalue weighted by Crippen LogP contribution is 2.39. The van der Waals surface area contributed by atoms with Crippen LogP contribution in [0.25, 0.3) is 0 Å². The normalized spacial score (nSPS) is 21.1. The van der Waals surface area contributed by atoms with E-state index in [-0.39, 0.29) is 12.1 Å². The quantitative estimate of drug-likeness (QED) is 0.877. The Balaban J connectivity index is 1.77. The van der Waals surface area contributed by atoms with E-state index in [1.165, 1.54) is 5.56 Å². The van der Waals surface area contributed by atoms with Crippen molar-refractivity contribution in [3.63, 3.8) is 0 Å². The molecule has 20 heavy (non-hydrogen) atoms. The highest BCUT2D eigenvalue weighted by atomic mass is 35.5. The monoisotopic (exact) mass is 295 g/mol. The average molecular weight is 296 g/mol. The van der Waals surface area contributed by atoms with Crippen molar-refractivity contribution in [2.45, 2.75) is 31.2 Å². The Hall–Kier alpha value is -1.26.